The van der Waals surface area contributed by atoms with Crippen LogP contribution >= 0.6 is 0 Å². The van der Waals surface area contributed by atoms with Gasteiger partial charge in [0.05, 0.1) is 27.7 Å². The lowest BCUT2D eigenvalue weighted by Crippen LogP contribution is -2.50. The van der Waals surface area contributed by atoms with Crippen LogP contribution in [0.5, 0.6) is 0 Å². The van der Waals surface area contributed by atoms with Crippen LogP contribution in [0.3, 0.4) is 0 Å². The molecule has 1 aliphatic heterocycles. The number of nitriles is 1. The van der Waals surface area contributed by atoms with Gasteiger partial charge in [-0.2, -0.15) is 9.57 Å². The van der Waals surface area contributed by atoms with Gasteiger partial charge < -0.3 is 10.6 Å². The first-order chi connectivity index (χ1) is 16.4. The van der Waals surface area contributed by atoms with E-state index < -0.39 is 10.0 Å². The van der Waals surface area contributed by atoms with Crippen LogP contribution in [0.4, 0.5) is 10.5 Å². The molecule has 2 N–H and O–H groups in total. The topological polar surface area (TPSA) is 118 Å². The Balaban J connectivity index is 1.26. The highest BCUT2D eigenvalue weighted by Gasteiger charge is 2.28. The molecule has 9 nitrogen and oxygen atoms in total. The molecule has 0 atom stereocenters. The number of amides is 2. The second kappa shape index (κ2) is 10.2. The zero-order chi connectivity index (χ0) is 24.1. The quantitative estimate of drug-likeness (QED) is 0.562. The number of nitrogens with one attached hydrogen (secondary N) is 2. The third kappa shape index (κ3) is 5.34. The van der Waals surface area contributed by atoms with E-state index in [1.807, 2.05) is 43.3 Å². The van der Waals surface area contributed by atoms with Gasteiger partial charge in [-0.1, -0.05) is 24.3 Å². The van der Waals surface area contributed by atoms with Crippen molar-refractivity contribution in [1.29, 1.82) is 5.26 Å². The summed E-state index contributed by atoms with van der Waals surface area (Å²) in [7, 11) is -3.64. The molecule has 0 aliphatic carbocycles. The number of carbonyl (C=O) groups excluding carboxylic acids is 1. The summed E-state index contributed by atoms with van der Waals surface area (Å²) in [4.78, 5) is 19.2. The lowest BCUT2D eigenvalue weighted by atomic mass is 10.1. The Morgan fingerprint density at radius 3 is 2.62 bits per heavy atom. The van der Waals surface area contributed by atoms with Crippen LogP contribution in [0.15, 0.2) is 59.5 Å². The molecular weight excluding hydrogens is 452 g/mol. The molecule has 0 unspecified atom stereocenters. The highest BCUT2D eigenvalue weighted by Crippen LogP contribution is 2.23. The summed E-state index contributed by atoms with van der Waals surface area (Å²) >= 11 is 0. The number of para-hydroxylation sites is 1. The van der Waals surface area contributed by atoms with Gasteiger partial charge in [0.15, 0.2) is 0 Å². The molecular formula is C24H26N6O3S. The summed E-state index contributed by atoms with van der Waals surface area (Å²) in [6.07, 6.45) is 0. The zero-order valence-electron chi connectivity index (χ0n) is 18.9. The molecule has 10 heteroatoms. The Kier molecular flexibility index (Phi) is 7.07. The number of anilines is 1. The molecule has 2 amide bonds. The van der Waals surface area contributed by atoms with E-state index in [9.17, 15) is 13.2 Å². The number of urea groups is 1. The maximum atomic E-state index is 12.9. The number of rotatable bonds is 6. The maximum absolute atomic E-state index is 12.9. The second-order valence-electron chi connectivity index (χ2n) is 8.09. The van der Waals surface area contributed by atoms with E-state index in [-0.39, 0.29) is 10.9 Å². The average Bonchev–Trinajstić information content (AvgIpc) is 2.84. The van der Waals surface area contributed by atoms with E-state index >= 15 is 0 Å². The summed E-state index contributed by atoms with van der Waals surface area (Å²) in [6, 6.07) is 17.2. The van der Waals surface area contributed by atoms with E-state index in [0.29, 0.717) is 50.5 Å². The highest BCUT2D eigenvalue weighted by atomic mass is 32.2. The number of hydrogen-bond donors (Lipinski definition) is 2. The van der Waals surface area contributed by atoms with Crippen molar-refractivity contribution in [2.24, 2.45) is 0 Å². The Labute approximate surface area is 199 Å². The Morgan fingerprint density at radius 2 is 1.85 bits per heavy atom. The number of sulfonamides is 1. The first kappa shape index (κ1) is 23.6. The molecule has 176 valence electrons. The molecule has 3 aromatic rings. The predicted molar refractivity (Wildman–Crippen MR) is 130 cm³/mol. The number of aryl methyl sites for hydroxylation is 1. The van der Waals surface area contributed by atoms with Crippen molar-refractivity contribution >= 4 is 32.6 Å². The van der Waals surface area contributed by atoms with E-state index in [1.165, 1.54) is 16.4 Å². The average molecular weight is 479 g/mol. The normalized spacial score (nSPS) is 15.1. The van der Waals surface area contributed by atoms with Crippen molar-refractivity contribution < 1.29 is 13.2 Å². The van der Waals surface area contributed by atoms with Crippen LogP contribution in [0.25, 0.3) is 10.9 Å². The van der Waals surface area contributed by atoms with Crippen molar-refractivity contribution in [2.45, 2.75) is 11.8 Å². The van der Waals surface area contributed by atoms with Crippen molar-refractivity contribution in [3.8, 4) is 6.07 Å². The van der Waals surface area contributed by atoms with Gasteiger partial charge in [-0.15, -0.1) is 0 Å². The fourth-order valence-electron chi connectivity index (χ4n) is 3.97. The van der Waals surface area contributed by atoms with Crippen molar-refractivity contribution in [3.05, 3.63) is 65.9 Å². The Hall–Kier alpha value is -3.52. The van der Waals surface area contributed by atoms with Crippen LogP contribution < -0.4 is 10.6 Å². The Morgan fingerprint density at radius 1 is 1.09 bits per heavy atom. The molecule has 2 heterocycles. The minimum atomic E-state index is -3.64. The van der Waals surface area contributed by atoms with E-state index in [1.54, 1.807) is 12.1 Å². The van der Waals surface area contributed by atoms with Gasteiger partial charge >= 0.3 is 6.03 Å². The number of piperazine rings is 1. The number of hydrogen-bond acceptors (Lipinski definition) is 6. The molecule has 2 aromatic carbocycles. The van der Waals surface area contributed by atoms with Crippen molar-refractivity contribution in [3.63, 3.8) is 0 Å². The molecule has 0 bridgehead atoms. The molecule has 1 fully saturated rings. The maximum Gasteiger partial charge on any atom is 0.319 e. The number of pyridine rings is 1. The van der Waals surface area contributed by atoms with Crippen LogP contribution in [0.1, 0.15) is 11.3 Å². The van der Waals surface area contributed by atoms with E-state index in [0.717, 1.165) is 16.6 Å². The van der Waals surface area contributed by atoms with Gasteiger partial charge in [0, 0.05) is 50.3 Å². The lowest BCUT2D eigenvalue weighted by molar-refractivity contribution is 0.189. The number of fused-ring (bicyclic) bond motifs is 1. The van der Waals surface area contributed by atoms with Crippen LogP contribution in [-0.4, -0.2) is 67.9 Å². The van der Waals surface area contributed by atoms with Crippen LogP contribution in [-0.2, 0) is 10.0 Å². The van der Waals surface area contributed by atoms with Gasteiger partial charge in [-0.3, -0.25) is 9.88 Å². The molecule has 0 saturated carbocycles. The fourth-order valence-corrected chi connectivity index (χ4v) is 5.44. The molecule has 1 aromatic heterocycles. The molecule has 34 heavy (non-hydrogen) atoms. The number of nitrogens with zero attached hydrogens (tertiary/aromatic N) is 4. The molecule has 1 aliphatic rings. The standard InChI is InChI=1S/C24H26N6O3S/c1-18-15-23(21-7-2-3-8-22(21)27-18)28-24(31)26-9-10-29-11-13-30(14-12-29)34(32,33)20-6-4-5-19(16-20)17-25/h2-8,15-16H,9-14H2,1H3,(H2,26,27,28,31). The van der Waals surface area contributed by atoms with Gasteiger partial charge in [-0.25, -0.2) is 13.2 Å². The minimum Gasteiger partial charge on any atom is -0.337 e. The highest BCUT2D eigenvalue weighted by molar-refractivity contribution is 7.89. The lowest BCUT2D eigenvalue weighted by Gasteiger charge is -2.34. The molecule has 0 spiro atoms. The number of benzene rings is 2. The largest absolute Gasteiger partial charge is 0.337 e. The summed E-state index contributed by atoms with van der Waals surface area (Å²) in [5.74, 6) is 0. The summed E-state index contributed by atoms with van der Waals surface area (Å²) in [5.41, 5.74) is 2.67. The molecule has 1 saturated heterocycles. The molecule has 0 radical (unpaired) electrons. The van der Waals surface area contributed by atoms with E-state index in [2.05, 4.69) is 20.5 Å². The first-order valence-corrected chi connectivity index (χ1v) is 12.4. The SMILES string of the molecule is Cc1cc(NC(=O)NCCN2CCN(S(=O)(=O)c3cccc(C#N)c3)CC2)c2ccccc2n1. The summed E-state index contributed by atoms with van der Waals surface area (Å²) < 4.78 is 27.2. The molecule has 4 rings (SSSR count). The minimum absolute atomic E-state index is 0.136. The smallest absolute Gasteiger partial charge is 0.319 e. The van der Waals surface area contributed by atoms with Gasteiger partial charge in [-0.05, 0) is 37.3 Å². The first-order valence-electron chi connectivity index (χ1n) is 11.0. The van der Waals surface area contributed by atoms with E-state index in [4.69, 9.17) is 5.26 Å². The fraction of sp³-hybridized carbons (Fsp3) is 0.292. The van der Waals surface area contributed by atoms with Crippen molar-refractivity contribution in [2.75, 3.05) is 44.6 Å². The number of carbonyl (C=O) groups is 1. The number of aromatic nitrogens is 1. The summed E-state index contributed by atoms with van der Waals surface area (Å²) in [6.45, 7) is 4.77. The zero-order valence-corrected chi connectivity index (χ0v) is 19.7. The Bertz CT molecular complexity index is 1340. The van der Waals surface area contributed by atoms with Gasteiger partial charge in [0.1, 0.15) is 0 Å². The van der Waals surface area contributed by atoms with Crippen molar-refractivity contribution in [1.82, 2.24) is 19.5 Å². The third-order valence-electron chi connectivity index (χ3n) is 5.74. The van der Waals surface area contributed by atoms with Crippen LogP contribution in [0.2, 0.25) is 0 Å². The van der Waals surface area contributed by atoms with Crippen LogP contribution in [0, 0.1) is 18.3 Å². The summed E-state index contributed by atoms with van der Waals surface area (Å²) in [5, 5.41) is 15.7. The third-order valence-corrected chi connectivity index (χ3v) is 7.63. The monoisotopic (exact) mass is 478 g/mol. The second-order valence-corrected chi connectivity index (χ2v) is 10.0. The van der Waals surface area contributed by atoms with Gasteiger partial charge in [0.25, 0.3) is 0 Å². The van der Waals surface area contributed by atoms with Gasteiger partial charge in [0.2, 0.25) is 10.0 Å². The predicted octanol–water partition coefficient (Wildman–Crippen LogP) is 2.54.